The second-order valence-electron chi connectivity index (χ2n) is 6.28. The van der Waals surface area contributed by atoms with Crippen LogP contribution in [0.4, 0.5) is 0 Å². The van der Waals surface area contributed by atoms with Gasteiger partial charge in [-0.1, -0.05) is 59.4 Å². The molecule has 0 radical (unpaired) electrons. The Balaban J connectivity index is 1.43. The molecule has 0 saturated heterocycles. The van der Waals surface area contributed by atoms with Crippen molar-refractivity contribution in [1.82, 2.24) is 20.1 Å². The molecule has 7 heteroatoms. The molecule has 0 fully saturated rings. The number of methoxy groups -OCH3 is 1. The van der Waals surface area contributed by atoms with Gasteiger partial charge in [0.1, 0.15) is 5.75 Å². The van der Waals surface area contributed by atoms with E-state index in [9.17, 15) is 0 Å². The summed E-state index contributed by atoms with van der Waals surface area (Å²) < 4.78 is 10.8. The summed E-state index contributed by atoms with van der Waals surface area (Å²) in [6.45, 7) is 2.04. The first-order valence-corrected chi connectivity index (χ1v) is 9.89. The summed E-state index contributed by atoms with van der Waals surface area (Å²) in [6, 6.07) is 17.9. The minimum atomic E-state index is 0.522. The minimum Gasteiger partial charge on any atom is -0.496 e. The highest BCUT2D eigenvalue weighted by molar-refractivity contribution is 7.98. The van der Waals surface area contributed by atoms with Gasteiger partial charge in [0, 0.05) is 12.1 Å². The number of nitrogens with one attached hydrogen (secondary N) is 1. The molecule has 2 heterocycles. The maximum atomic E-state index is 5.39. The predicted molar refractivity (Wildman–Crippen MR) is 108 cm³/mol. The number of aromatic amines is 1. The first-order valence-electron chi connectivity index (χ1n) is 8.91. The van der Waals surface area contributed by atoms with Crippen LogP contribution in [-0.2, 0) is 12.2 Å². The number of benzene rings is 2. The molecule has 0 aliphatic rings. The lowest BCUT2D eigenvalue weighted by atomic mass is 10.1. The lowest BCUT2D eigenvalue weighted by Crippen LogP contribution is -1.90. The van der Waals surface area contributed by atoms with E-state index in [1.807, 2.05) is 49.4 Å². The van der Waals surface area contributed by atoms with Gasteiger partial charge in [0.25, 0.3) is 0 Å². The summed E-state index contributed by atoms with van der Waals surface area (Å²) in [5, 5.41) is 4.92. The van der Waals surface area contributed by atoms with Gasteiger partial charge in [0.15, 0.2) is 5.16 Å². The van der Waals surface area contributed by atoms with Crippen molar-refractivity contribution in [3.63, 3.8) is 0 Å². The Labute approximate surface area is 167 Å². The number of ether oxygens (including phenoxy) is 1. The second kappa shape index (κ2) is 8.31. The number of H-pyrrole nitrogens is 1. The van der Waals surface area contributed by atoms with Crippen LogP contribution in [0.1, 0.15) is 22.8 Å². The van der Waals surface area contributed by atoms with E-state index >= 15 is 0 Å². The molecule has 0 saturated carbocycles. The molecule has 0 bridgehead atoms. The van der Waals surface area contributed by atoms with E-state index in [0.29, 0.717) is 17.5 Å². The van der Waals surface area contributed by atoms with E-state index in [1.165, 1.54) is 5.56 Å². The summed E-state index contributed by atoms with van der Waals surface area (Å²) in [7, 11) is 1.63. The van der Waals surface area contributed by atoms with Crippen molar-refractivity contribution >= 4 is 11.8 Å². The smallest absolute Gasteiger partial charge is 0.237 e. The van der Waals surface area contributed by atoms with Gasteiger partial charge >= 0.3 is 0 Å². The quantitative estimate of drug-likeness (QED) is 0.461. The third-order valence-electron chi connectivity index (χ3n) is 4.33. The van der Waals surface area contributed by atoms with Gasteiger partial charge in [-0.05, 0) is 24.6 Å². The zero-order chi connectivity index (χ0) is 19.3. The number of aryl methyl sites for hydroxylation is 1. The largest absolute Gasteiger partial charge is 0.496 e. The highest BCUT2D eigenvalue weighted by atomic mass is 32.2. The van der Waals surface area contributed by atoms with Crippen molar-refractivity contribution in [3.05, 3.63) is 77.4 Å². The zero-order valence-corrected chi connectivity index (χ0v) is 16.5. The number of nitrogens with zero attached hydrogens (tertiary/aromatic N) is 3. The molecule has 4 aromatic rings. The third kappa shape index (κ3) is 4.09. The molecule has 2 aromatic carbocycles. The molecule has 0 aliphatic heterocycles. The van der Waals surface area contributed by atoms with E-state index in [-0.39, 0.29) is 0 Å². The summed E-state index contributed by atoms with van der Waals surface area (Å²) in [6.07, 6.45) is 0.808. The van der Waals surface area contributed by atoms with Gasteiger partial charge < -0.3 is 14.2 Å². The number of aromatic nitrogens is 4. The Morgan fingerprint density at radius 2 is 1.82 bits per heavy atom. The van der Waals surface area contributed by atoms with E-state index in [4.69, 9.17) is 14.2 Å². The normalized spacial score (nSPS) is 10.9. The first kappa shape index (κ1) is 18.3. The standard InChI is InChI=1S/C21H20N4O2S/c1-14-17(12-15-8-4-3-5-9-15)23-21(22-14)28-13-19-24-20(25-27-19)16-10-6-7-11-18(16)26-2/h3-11H,12-13H2,1-2H3,(H,22,23). The summed E-state index contributed by atoms with van der Waals surface area (Å²) in [5.74, 6) is 2.33. The summed E-state index contributed by atoms with van der Waals surface area (Å²) in [4.78, 5) is 12.5. The average Bonchev–Trinajstić information content (AvgIpc) is 3.34. The third-order valence-corrected chi connectivity index (χ3v) is 5.18. The highest BCUT2D eigenvalue weighted by Gasteiger charge is 2.14. The van der Waals surface area contributed by atoms with Crippen molar-refractivity contribution in [3.8, 4) is 17.1 Å². The minimum absolute atomic E-state index is 0.522. The maximum Gasteiger partial charge on any atom is 0.237 e. The number of thioether (sulfide) groups is 1. The Morgan fingerprint density at radius 1 is 1.04 bits per heavy atom. The van der Waals surface area contributed by atoms with Crippen molar-refractivity contribution in [2.75, 3.05) is 7.11 Å². The molecule has 0 unspecified atom stereocenters. The van der Waals surface area contributed by atoms with Gasteiger partial charge in [-0.15, -0.1) is 0 Å². The van der Waals surface area contributed by atoms with Crippen LogP contribution in [0.25, 0.3) is 11.4 Å². The van der Waals surface area contributed by atoms with E-state index < -0.39 is 0 Å². The van der Waals surface area contributed by atoms with Crippen LogP contribution in [0.2, 0.25) is 0 Å². The topological polar surface area (TPSA) is 76.8 Å². The first-order chi connectivity index (χ1) is 13.7. The molecule has 28 heavy (non-hydrogen) atoms. The molecule has 0 amide bonds. The molecule has 1 N–H and O–H groups in total. The van der Waals surface area contributed by atoms with Crippen LogP contribution in [0.5, 0.6) is 5.75 Å². The van der Waals surface area contributed by atoms with Gasteiger partial charge in [-0.2, -0.15) is 4.98 Å². The van der Waals surface area contributed by atoms with Crippen molar-refractivity contribution in [2.24, 2.45) is 0 Å². The van der Waals surface area contributed by atoms with Crippen LogP contribution < -0.4 is 4.74 Å². The van der Waals surface area contributed by atoms with Crippen LogP contribution in [0.3, 0.4) is 0 Å². The zero-order valence-electron chi connectivity index (χ0n) is 15.7. The van der Waals surface area contributed by atoms with Gasteiger partial charge in [-0.25, -0.2) is 4.98 Å². The molecule has 4 rings (SSSR count). The van der Waals surface area contributed by atoms with Gasteiger partial charge in [0.2, 0.25) is 11.7 Å². The average molecular weight is 392 g/mol. The van der Waals surface area contributed by atoms with Crippen molar-refractivity contribution < 1.29 is 9.26 Å². The van der Waals surface area contributed by atoms with Crippen LogP contribution in [0.15, 0.2) is 64.3 Å². The summed E-state index contributed by atoms with van der Waals surface area (Å²) >= 11 is 1.54. The molecular weight excluding hydrogens is 372 g/mol. The molecule has 6 nitrogen and oxygen atoms in total. The van der Waals surface area contributed by atoms with E-state index in [1.54, 1.807) is 18.9 Å². The lowest BCUT2D eigenvalue weighted by molar-refractivity contribution is 0.390. The number of para-hydroxylation sites is 1. The number of hydrogen-bond donors (Lipinski definition) is 1. The van der Waals surface area contributed by atoms with Crippen molar-refractivity contribution in [2.45, 2.75) is 24.3 Å². The fourth-order valence-corrected chi connectivity index (χ4v) is 3.66. The van der Waals surface area contributed by atoms with Gasteiger partial charge in [0.05, 0.1) is 24.1 Å². The second-order valence-corrected chi connectivity index (χ2v) is 7.24. The van der Waals surface area contributed by atoms with Crippen LogP contribution in [0, 0.1) is 6.92 Å². The van der Waals surface area contributed by atoms with Crippen molar-refractivity contribution in [1.29, 1.82) is 0 Å². The number of rotatable bonds is 7. The molecule has 2 aromatic heterocycles. The van der Waals surface area contributed by atoms with E-state index in [2.05, 4.69) is 27.3 Å². The molecule has 0 spiro atoms. The lowest BCUT2D eigenvalue weighted by Gasteiger charge is -2.02. The molecule has 0 atom stereocenters. The monoisotopic (exact) mass is 392 g/mol. The van der Waals surface area contributed by atoms with E-state index in [0.717, 1.165) is 34.3 Å². The Morgan fingerprint density at radius 3 is 2.64 bits per heavy atom. The van der Waals surface area contributed by atoms with Crippen LogP contribution in [-0.4, -0.2) is 27.2 Å². The fraction of sp³-hybridized carbons (Fsp3) is 0.190. The SMILES string of the molecule is COc1ccccc1-c1noc(CSc2nc(Cc3ccccc3)c(C)[nH]2)n1. The van der Waals surface area contributed by atoms with Crippen LogP contribution >= 0.6 is 11.8 Å². The fourth-order valence-electron chi connectivity index (χ4n) is 2.88. The Hall–Kier alpha value is -3.06. The maximum absolute atomic E-state index is 5.39. The Kier molecular flexibility index (Phi) is 5.43. The molecule has 142 valence electrons. The summed E-state index contributed by atoms with van der Waals surface area (Å²) in [5.41, 5.74) is 4.18. The number of hydrogen-bond acceptors (Lipinski definition) is 6. The Bertz CT molecular complexity index is 1060. The highest BCUT2D eigenvalue weighted by Crippen LogP contribution is 2.28. The predicted octanol–water partition coefficient (Wildman–Crippen LogP) is 4.66. The number of imidazole rings is 1. The van der Waals surface area contributed by atoms with Gasteiger partial charge in [-0.3, -0.25) is 0 Å². The molecule has 0 aliphatic carbocycles. The molecular formula is C21H20N4O2S.